The minimum Gasteiger partial charge on any atom is -0.378 e. The fraction of sp³-hybridized carbons (Fsp3) is 0.520. The molecule has 2 N–H and O–H groups in total. The molecule has 0 radical (unpaired) electrons. The van der Waals surface area contributed by atoms with Crippen LogP contribution < -0.4 is 10.0 Å². The number of rotatable bonds is 8. The number of hydrogen-bond donors (Lipinski definition) is 2. The fourth-order valence-corrected chi connectivity index (χ4v) is 6.55. The standard InChI is InChI=1S/C25H32F3N3O2S/c1-31(2)11-6-12-34(32,33)29-16-17-13-20-21-15-19(25(26,27)28)9-10-23(21)30-24(22(20)14-17)18-7-4-3-5-8-18/h3-5,7-10,15,17,20,22,24,29-30H,6,11-14,16H2,1-2H3/t17-,20+,22+,24-/m0/s1. The van der Waals surface area contributed by atoms with E-state index >= 15 is 0 Å². The number of alkyl halides is 3. The van der Waals surface area contributed by atoms with Gasteiger partial charge in [-0.25, -0.2) is 13.1 Å². The van der Waals surface area contributed by atoms with Crippen LogP contribution in [0, 0.1) is 11.8 Å². The molecule has 4 rings (SSSR count). The SMILES string of the molecule is CN(C)CCCS(=O)(=O)NC[C@@H]1C[C@@H]2[C@H](C1)c1cc(C(F)(F)F)ccc1N[C@H]2c1ccccc1. The zero-order valence-electron chi connectivity index (χ0n) is 19.5. The van der Waals surface area contributed by atoms with Gasteiger partial charge in [0.1, 0.15) is 0 Å². The van der Waals surface area contributed by atoms with Gasteiger partial charge in [-0.2, -0.15) is 13.2 Å². The van der Waals surface area contributed by atoms with Crippen LogP contribution in [0.15, 0.2) is 48.5 Å². The maximum atomic E-state index is 13.4. The van der Waals surface area contributed by atoms with Gasteiger partial charge >= 0.3 is 6.18 Å². The average Bonchev–Trinajstić information content (AvgIpc) is 3.21. The van der Waals surface area contributed by atoms with E-state index in [1.807, 2.05) is 49.3 Å². The molecule has 2 aromatic carbocycles. The van der Waals surface area contributed by atoms with Crippen LogP contribution in [0.25, 0.3) is 0 Å². The van der Waals surface area contributed by atoms with Crippen molar-refractivity contribution in [1.82, 2.24) is 9.62 Å². The van der Waals surface area contributed by atoms with Gasteiger partial charge in [-0.3, -0.25) is 0 Å². The third-order valence-corrected chi connectivity index (χ3v) is 8.43. The van der Waals surface area contributed by atoms with Crippen molar-refractivity contribution in [2.24, 2.45) is 11.8 Å². The molecule has 9 heteroatoms. The normalized spacial score (nSPS) is 24.5. The van der Waals surface area contributed by atoms with Crippen molar-refractivity contribution >= 4 is 15.7 Å². The molecule has 2 aromatic rings. The van der Waals surface area contributed by atoms with E-state index in [4.69, 9.17) is 0 Å². The van der Waals surface area contributed by atoms with Crippen LogP contribution in [0.1, 0.15) is 47.9 Å². The largest absolute Gasteiger partial charge is 0.416 e. The van der Waals surface area contributed by atoms with Gasteiger partial charge in [-0.1, -0.05) is 30.3 Å². The lowest BCUT2D eigenvalue weighted by Crippen LogP contribution is -2.32. The van der Waals surface area contributed by atoms with Crippen molar-refractivity contribution in [3.05, 3.63) is 65.2 Å². The molecule has 0 amide bonds. The smallest absolute Gasteiger partial charge is 0.378 e. The topological polar surface area (TPSA) is 61.4 Å². The molecule has 4 atom stereocenters. The number of hydrogen-bond acceptors (Lipinski definition) is 4. The van der Waals surface area contributed by atoms with Crippen LogP contribution in [0.2, 0.25) is 0 Å². The van der Waals surface area contributed by atoms with Crippen molar-refractivity contribution in [2.45, 2.75) is 37.4 Å². The van der Waals surface area contributed by atoms with E-state index in [9.17, 15) is 21.6 Å². The molecule has 0 saturated heterocycles. The summed E-state index contributed by atoms with van der Waals surface area (Å²) in [6, 6.07) is 13.8. The van der Waals surface area contributed by atoms with Crippen molar-refractivity contribution in [2.75, 3.05) is 38.3 Å². The maximum absolute atomic E-state index is 13.4. The second-order valence-electron chi connectivity index (χ2n) is 9.76. The highest BCUT2D eigenvalue weighted by molar-refractivity contribution is 7.89. The van der Waals surface area contributed by atoms with Gasteiger partial charge in [0, 0.05) is 12.2 Å². The van der Waals surface area contributed by atoms with Crippen LogP contribution in [0.3, 0.4) is 0 Å². The predicted octanol–water partition coefficient (Wildman–Crippen LogP) is 4.85. The minimum atomic E-state index is -4.40. The summed E-state index contributed by atoms with van der Waals surface area (Å²) in [6.45, 7) is 1.00. The highest BCUT2D eigenvalue weighted by Crippen LogP contribution is 2.55. The molecule has 5 nitrogen and oxygen atoms in total. The van der Waals surface area contributed by atoms with Crippen LogP contribution in [0.5, 0.6) is 0 Å². The Bertz CT molecular complexity index is 1090. The molecule has 186 valence electrons. The average molecular weight is 496 g/mol. The Morgan fingerprint density at radius 3 is 2.50 bits per heavy atom. The Morgan fingerprint density at radius 2 is 1.82 bits per heavy atom. The quantitative estimate of drug-likeness (QED) is 0.550. The lowest BCUT2D eigenvalue weighted by atomic mass is 9.77. The van der Waals surface area contributed by atoms with Crippen molar-refractivity contribution in [3.8, 4) is 0 Å². The second-order valence-corrected chi connectivity index (χ2v) is 11.7. The maximum Gasteiger partial charge on any atom is 0.416 e. The Labute approximate surface area is 199 Å². The van der Waals surface area contributed by atoms with Crippen molar-refractivity contribution < 1.29 is 21.6 Å². The summed E-state index contributed by atoms with van der Waals surface area (Å²) in [7, 11) is 0.414. The van der Waals surface area contributed by atoms with Gasteiger partial charge in [-0.05, 0) is 87.0 Å². The Kier molecular flexibility index (Phi) is 7.26. The first-order valence-electron chi connectivity index (χ1n) is 11.7. The van der Waals surface area contributed by atoms with E-state index < -0.39 is 21.8 Å². The lowest BCUT2D eigenvalue weighted by molar-refractivity contribution is -0.137. The molecule has 1 aliphatic carbocycles. The van der Waals surface area contributed by atoms with E-state index in [-0.39, 0.29) is 29.5 Å². The summed E-state index contributed by atoms with van der Waals surface area (Å²) in [6.07, 6.45) is -2.45. The highest BCUT2D eigenvalue weighted by Gasteiger charge is 2.45. The number of anilines is 1. The number of halogens is 3. The minimum absolute atomic E-state index is 0.0304. The molecule has 2 aliphatic rings. The number of sulfonamides is 1. The van der Waals surface area contributed by atoms with E-state index in [1.165, 1.54) is 12.1 Å². The molecule has 1 saturated carbocycles. The Hall–Kier alpha value is -2.10. The number of fused-ring (bicyclic) bond motifs is 3. The van der Waals surface area contributed by atoms with E-state index in [1.54, 1.807) is 0 Å². The zero-order chi connectivity index (χ0) is 24.5. The van der Waals surface area contributed by atoms with Gasteiger partial charge < -0.3 is 10.2 Å². The van der Waals surface area contributed by atoms with Crippen molar-refractivity contribution in [3.63, 3.8) is 0 Å². The number of nitrogens with one attached hydrogen (secondary N) is 2. The molecule has 34 heavy (non-hydrogen) atoms. The molecule has 0 aromatic heterocycles. The van der Waals surface area contributed by atoms with Crippen LogP contribution in [-0.2, 0) is 16.2 Å². The highest BCUT2D eigenvalue weighted by atomic mass is 32.2. The third kappa shape index (κ3) is 5.75. The van der Waals surface area contributed by atoms with E-state index in [2.05, 4.69) is 10.0 Å². The molecule has 1 aliphatic heterocycles. The summed E-state index contributed by atoms with van der Waals surface area (Å²) in [5.41, 5.74) is 1.86. The monoisotopic (exact) mass is 495 g/mol. The molecule has 1 heterocycles. The van der Waals surface area contributed by atoms with Gasteiger partial charge in [0.2, 0.25) is 10.0 Å². The molecular weight excluding hydrogens is 463 g/mol. The number of benzene rings is 2. The Balaban J connectivity index is 1.54. The molecule has 0 bridgehead atoms. The molecule has 0 unspecified atom stereocenters. The molecular formula is C25H32F3N3O2S. The van der Waals surface area contributed by atoms with Crippen LogP contribution in [0.4, 0.5) is 18.9 Å². The fourth-order valence-electron chi connectivity index (χ4n) is 5.40. The molecule has 0 spiro atoms. The number of nitrogens with zero attached hydrogens (tertiary/aromatic N) is 1. The first-order chi connectivity index (χ1) is 16.0. The Morgan fingerprint density at radius 1 is 1.09 bits per heavy atom. The summed E-state index contributed by atoms with van der Waals surface area (Å²) in [5.74, 6) is 0.150. The van der Waals surface area contributed by atoms with Crippen LogP contribution in [-0.4, -0.2) is 46.3 Å². The summed E-state index contributed by atoms with van der Waals surface area (Å²) < 4.78 is 67.9. The predicted molar refractivity (Wildman–Crippen MR) is 128 cm³/mol. The third-order valence-electron chi connectivity index (χ3n) is 7.00. The van der Waals surface area contributed by atoms with Gasteiger partial charge in [0.25, 0.3) is 0 Å². The zero-order valence-corrected chi connectivity index (χ0v) is 20.3. The van der Waals surface area contributed by atoms with E-state index in [0.29, 0.717) is 31.5 Å². The van der Waals surface area contributed by atoms with Gasteiger partial charge in [-0.15, -0.1) is 0 Å². The molecule has 1 fully saturated rings. The van der Waals surface area contributed by atoms with E-state index in [0.717, 1.165) is 23.7 Å². The summed E-state index contributed by atoms with van der Waals surface area (Å²) in [4.78, 5) is 1.94. The first-order valence-corrected chi connectivity index (χ1v) is 13.3. The lowest BCUT2D eigenvalue weighted by Gasteiger charge is -2.38. The van der Waals surface area contributed by atoms with Crippen LogP contribution >= 0.6 is 0 Å². The second kappa shape index (κ2) is 9.87. The van der Waals surface area contributed by atoms with Gasteiger partial charge in [0.05, 0.1) is 17.4 Å². The van der Waals surface area contributed by atoms with Gasteiger partial charge in [0.15, 0.2) is 0 Å². The summed E-state index contributed by atoms with van der Waals surface area (Å²) in [5, 5.41) is 3.48. The first kappa shape index (κ1) is 25.0. The van der Waals surface area contributed by atoms with Crippen molar-refractivity contribution in [1.29, 1.82) is 0 Å². The summed E-state index contributed by atoms with van der Waals surface area (Å²) >= 11 is 0.